The van der Waals surface area contributed by atoms with Crippen LogP contribution >= 0.6 is 0 Å². The number of aromatic nitrogens is 2. The molecule has 0 N–H and O–H groups in total. The third-order valence-electron chi connectivity index (χ3n) is 1.54. The first-order valence-electron chi connectivity index (χ1n) is 4.14. The predicted octanol–water partition coefficient (Wildman–Crippen LogP) is 2.20. The molecule has 74 valence electrons. The molecule has 0 aliphatic carbocycles. The Morgan fingerprint density at radius 2 is 2.38 bits per heavy atom. The molecule has 0 unspecified atom stereocenters. The van der Waals surface area contributed by atoms with Crippen LogP contribution in [0.4, 0.5) is 8.78 Å². The first-order chi connectivity index (χ1) is 6.25. The summed E-state index contributed by atoms with van der Waals surface area (Å²) < 4.78 is 30.2. The van der Waals surface area contributed by atoms with Crippen LogP contribution in [0.1, 0.15) is 25.6 Å². The van der Waals surface area contributed by atoms with Gasteiger partial charge in [-0.05, 0) is 12.5 Å². The van der Waals surface area contributed by atoms with Gasteiger partial charge < -0.3 is 4.74 Å². The quantitative estimate of drug-likeness (QED) is 0.665. The minimum Gasteiger partial charge on any atom is -0.375 e. The summed E-state index contributed by atoms with van der Waals surface area (Å²) in [5, 5.41) is 3.48. The van der Waals surface area contributed by atoms with E-state index in [4.69, 9.17) is 4.74 Å². The molecule has 3 nitrogen and oxygen atoms in total. The van der Waals surface area contributed by atoms with Crippen molar-refractivity contribution in [1.82, 2.24) is 9.78 Å². The van der Waals surface area contributed by atoms with E-state index in [9.17, 15) is 8.78 Å². The summed E-state index contributed by atoms with van der Waals surface area (Å²) in [6.45, 7) is 0.145. The van der Waals surface area contributed by atoms with Gasteiger partial charge in [0.15, 0.2) is 0 Å². The van der Waals surface area contributed by atoms with Crippen LogP contribution in [0.2, 0.25) is 0 Å². The molecule has 0 saturated heterocycles. The van der Waals surface area contributed by atoms with Crippen molar-refractivity contribution >= 4 is 0 Å². The number of ether oxygens (including phenoxy) is 1. The number of hydrogen-bond donors (Lipinski definition) is 0. The van der Waals surface area contributed by atoms with Crippen molar-refractivity contribution in [2.24, 2.45) is 0 Å². The third kappa shape index (κ3) is 2.77. The van der Waals surface area contributed by atoms with E-state index >= 15 is 0 Å². The molecule has 0 saturated carbocycles. The first-order valence-corrected chi connectivity index (χ1v) is 4.14. The van der Waals surface area contributed by atoms with Gasteiger partial charge in [-0.15, -0.1) is 0 Å². The van der Waals surface area contributed by atoms with Gasteiger partial charge in [0, 0.05) is 12.8 Å². The second kappa shape index (κ2) is 4.91. The molecule has 0 aliphatic rings. The van der Waals surface area contributed by atoms with Crippen molar-refractivity contribution < 1.29 is 13.5 Å². The third-order valence-corrected chi connectivity index (χ3v) is 1.54. The van der Waals surface area contributed by atoms with Gasteiger partial charge in [-0.25, -0.2) is 4.68 Å². The molecule has 0 amide bonds. The molecular formula is C8H12F2N2O. The van der Waals surface area contributed by atoms with Crippen molar-refractivity contribution in [2.75, 3.05) is 6.61 Å². The topological polar surface area (TPSA) is 27.1 Å². The van der Waals surface area contributed by atoms with Gasteiger partial charge in [0.25, 0.3) is 0 Å². The summed E-state index contributed by atoms with van der Waals surface area (Å²) in [7, 11) is 0. The second-order valence-electron chi connectivity index (χ2n) is 2.60. The molecule has 1 aromatic heterocycles. The Morgan fingerprint density at radius 3 is 3.00 bits per heavy atom. The summed E-state index contributed by atoms with van der Waals surface area (Å²) >= 11 is 0. The number of hydrogen-bond acceptors (Lipinski definition) is 2. The van der Waals surface area contributed by atoms with E-state index in [2.05, 4.69) is 5.10 Å². The molecule has 0 radical (unpaired) electrons. The van der Waals surface area contributed by atoms with Crippen molar-refractivity contribution in [3.8, 4) is 0 Å². The molecule has 0 fully saturated rings. The van der Waals surface area contributed by atoms with E-state index in [0.717, 1.165) is 6.42 Å². The standard InChI is InChI=1S/C8H12F2N2O/c1-2-5-13-6-7-3-4-11-12(7)8(9)10/h3-4,8H,2,5-6H2,1H3. The van der Waals surface area contributed by atoms with Crippen LogP contribution in [0.3, 0.4) is 0 Å². The Kier molecular flexibility index (Phi) is 3.82. The van der Waals surface area contributed by atoms with Gasteiger partial charge in [-0.3, -0.25) is 0 Å². The smallest absolute Gasteiger partial charge is 0.333 e. The van der Waals surface area contributed by atoms with Crippen molar-refractivity contribution in [3.63, 3.8) is 0 Å². The second-order valence-corrected chi connectivity index (χ2v) is 2.60. The van der Waals surface area contributed by atoms with Gasteiger partial charge in [0.05, 0.1) is 12.3 Å². The largest absolute Gasteiger partial charge is 0.375 e. The van der Waals surface area contributed by atoms with Crippen LogP contribution < -0.4 is 0 Å². The lowest BCUT2D eigenvalue weighted by Crippen LogP contribution is -2.07. The molecule has 0 aromatic carbocycles. The van der Waals surface area contributed by atoms with E-state index in [-0.39, 0.29) is 6.61 Å². The summed E-state index contributed by atoms with van der Waals surface area (Å²) in [4.78, 5) is 0. The number of alkyl halides is 2. The van der Waals surface area contributed by atoms with Crippen LogP contribution in [0, 0.1) is 0 Å². The normalized spacial score (nSPS) is 11.1. The van der Waals surface area contributed by atoms with Gasteiger partial charge in [0.2, 0.25) is 0 Å². The van der Waals surface area contributed by atoms with Crippen molar-refractivity contribution in [1.29, 1.82) is 0 Å². The van der Waals surface area contributed by atoms with Gasteiger partial charge in [0.1, 0.15) is 0 Å². The Hall–Kier alpha value is -0.970. The molecule has 1 heterocycles. The fourth-order valence-corrected chi connectivity index (χ4v) is 0.953. The fraction of sp³-hybridized carbons (Fsp3) is 0.625. The summed E-state index contributed by atoms with van der Waals surface area (Å²) in [5.41, 5.74) is 0.406. The minimum absolute atomic E-state index is 0.193. The highest BCUT2D eigenvalue weighted by molar-refractivity contribution is 4.98. The Labute approximate surface area is 75.3 Å². The van der Waals surface area contributed by atoms with Crippen molar-refractivity contribution in [3.05, 3.63) is 18.0 Å². The number of halogens is 2. The number of rotatable bonds is 5. The molecule has 0 bridgehead atoms. The Bertz CT molecular complexity index is 250. The molecule has 0 spiro atoms. The average molecular weight is 190 g/mol. The van der Waals surface area contributed by atoms with Crippen LogP contribution in [0.15, 0.2) is 12.3 Å². The minimum atomic E-state index is -2.59. The molecule has 5 heteroatoms. The van der Waals surface area contributed by atoms with Crippen molar-refractivity contribution in [2.45, 2.75) is 26.5 Å². The maximum atomic E-state index is 12.2. The lowest BCUT2D eigenvalue weighted by Gasteiger charge is -2.05. The fourth-order valence-electron chi connectivity index (χ4n) is 0.953. The van der Waals surface area contributed by atoms with E-state index in [1.165, 1.54) is 12.3 Å². The zero-order valence-electron chi connectivity index (χ0n) is 7.41. The molecule has 0 atom stereocenters. The average Bonchev–Trinajstić information content (AvgIpc) is 2.53. The van der Waals surface area contributed by atoms with Gasteiger partial charge in [-0.1, -0.05) is 6.92 Å². The molecule has 1 rings (SSSR count). The van der Waals surface area contributed by atoms with E-state index in [1.807, 2.05) is 6.92 Å². The summed E-state index contributed by atoms with van der Waals surface area (Å²) in [6, 6.07) is 1.53. The summed E-state index contributed by atoms with van der Waals surface area (Å²) in [6.07, 6.45) is 2.22. The van der Waals surface area contributed by atoms with Crippen LogP contribution in [-0.4, -0.2) is 16.4 Å². The predicted molar refractivity (Wildman–Crippen MR) is 43.4 cm³/mol. The molecule has 13 heavy (non-hydrogen) atoms. The zero-order chi connectivity index (χ0) is 9.68. The Morgan fingerprint density at radius 1 is 1.62 bits per heavy atom. The lowest BCUT2D eigenvalue weighted by molar-refractivity contribution is 0.0414. The summed E-state index contributed by atoms with van der Waals surface area (Å²) in [5.74, 6) is 0. The highest BCUT2D eigenvalue weighted by Crippen LogP contribution is 2.12. The van der Waals surface area contributed by atoms with E-state index in [1.54, 1.807) is 0 Å². The first kappa shape index (κ1) is 10.1. The van der Waals surface area contributed by atoms with Crippen LogP contribution in [0.5, 0.6) is 0 Å². The Balaban J connectivity index is 2.50. The van der Waals surface area contributed by atoms with E-state index in [0.29, 0.717) is 17.0 Å². The van der Waals surface area contributed by atoms with Gasteiger partial charge >= 0.3 is 6.55 Å². The maximum absolute atomic E-state index is 12.2. The SMILES string of the molecule is CCCOCc1ccnn1C(F)F. The maximum Gasteiger partial charge on any atom is 0.333 e. The van der Waals surface area contributed by atoms with E-state index < -0.39 is 6.55 Å². The monoisotopic (exact) mass is 190 g/mol. The molecular weight excluding hydrogens is 178 g/mol. The van der Waals surface area contributed by atoms with Gasteiger partial charge in [-0.2, -0.15) is 13.9 Å². The molecule has 1 aromatic rings. The highest BCUT2D eigenvalue weighted by atomic mass is 19.3. The van der Waals surface area contributed by atoms with Crippen LogP contribution in [-0.2, 0) is 11.3 Å². The zero-order valence-corrected chi connectivity index (χ0v) is 7.41. The number of nitrogens with zero attached hydrogens (tertiary/aromatic N) is 2. The highest BCUT2D eigenvalue weighted by Gasteiger charge is 2.10. The lowest BCUT2D eigenvalue weighted by atomic mass is 10.4. The van der Waals surface area contributed by atoms with Crippen LogP contribution in [0.25, 0.3) is 0 Å². The molecule has 0 aliphatic heterocycles.